The van der Waals surface area contributed by atoms with Crippen LogP contribution in [0.4, 0.5) is 0 Å². The molecule has 0 amide bonds. The summed E-state index contributed by atoms with van der Waals surface area (Å²) in [7, 11) is 3.84. The van der Waals surface area contributed by atoms with Gasteiger partial charge in [-0.15, -0.1) is 0 Å². The largest absolute Gasteiger partial charge is 0.337 e. The first kappa shape index (κ1) is 15.4. The molecule has 2 heterocycles. The Balaban J connectivity index is 1.68. The Labute approximate surface area is 135 Å². The number of rotatable bonds is 6. The van der Waals surface area contributed by atoms with Crippen LogP contribution < -0.4 is 5.56 Å². The second-order valence-corrected chi connectivity index (χ2v) is 5.80. The zero-order valence-electron chi connectivity index (χ0n) is 13.5. The molecule has 0 saturated carbocycles. The molecule has 0 fully saturated rings. The number of aryl methyl sites for hydroxylation is 1. The first-order chi connectivity index (χ1) is 11.1. The molecule has 3 aromatic rings. The summed E-state index contributed by atoms with van der Waals surface area (Å²) in [6.07, 6.45) is 6.61. The van der Waals surface area contributed by atoms with E-state index in [-0.39, 0.29) is 5.56 Å². The maximum Gasteiger partial charge on any atom is 0.261 e. The van der Waals surface area contributed by atoms with E-state index in [1.54, 1.807) is 17.8 Å². The molecule has 6 nitrogen and oxygen atoms in total. The molecule has 0 unspecified atom stereocenters. The Kier molecular flexibility index (Phi) is 4.52. The van der Waals surface area contributed by atoms with E-state index in [9.17, 15) is 4.79 Å². The monoisotopic (exact) mass is 311 g/mol. The molecular weight excluding hydrogens is 290 g/mol. The Bertz CT molecular complexity index is 838. The number of aromatic nitrogens is 4. The number of hydrogen-bond donors (Lipinski definition) is 0. The average Bonchev–Trinajstić information content (AvgIpc) is 3.06. The second kappa shape index (κ2) is 6.75. The van der Waals surface area contributed by atoms with Gasteiger partial charge in [-0.25, -0.2) is 9.97 Å². The summed E-state index contributed by atoms with van der Waals surface area (Å²) in [6, 6.07) is 7.49. The van der Waals surface area contributed by atoms with Crippen molar-refractivity contribution in [2.24, 2.45) is 7.05 Å². The van der Waals surface area contributed by atoms with E-state index in [4.69, 9.17) is 0 Å². The minimum Gasteiger partial charge on any atom is -0.337 e. The van der Waals surface area contributed by atoms with Crippen LogP contribution in [0.25, 0.3) is 10.9 Å². The van der Waals surface area contributed by atoms with Crippen molar-refractivity contribution in [2.75, 3.05) is 13.6 Å². The van der Waals surface area contributed by atoms with E-state index < -0.39 is 0 Å². The molecule has 2 aromatic heterocycles. The van der Waals surface area contributed by atoms with Crippen molar-refractivity contribution in [3.05, 3.63) is 59.2 Å². The van der Waals surface area contributed by atoms with E-state index >= 15 is 0 Å². The third kappa shape index (κ3) is 3.48. The molecule has 23 heavy (non-hydrogen) atoms. The molecule has 120 valence electrons. The van der Waals surface area contributed by atoms with Crippen LogP contribution in [0.1, 0.15) is 12.2 Å². The summed E-state index contributed by atoms with van der Waals surface area (Å²) in [5.74, 6) is 0.791. The summed E-state index contributed by atoms with van der Waals surface area (Å²) in [6.45, 7) is 2.52. The van der Waals surface area contributed by atoms with Crippen LogP contribution in [0, 0.1) is 0 Å². The summed E-state index contributed by atoms with van der Waals surface area (Å²) in [5.41, 5.74) is 0.773. The molecule has 0 atom stereocenters. The molecular formula is C17H21N5O. The van der Waals surface area contributed by atoms with Gasteiger partial charge in [0.1, 0.15) is 5.82 Å². The Morgan fingerprint density at radius 2 is 2.09 bits per heavy atom. The van der Waals surface area contributed by atoms with Crippen LogP contribution in [-0.4, -0.2) is 37.6 Å². The summed E-state index contributed by atoms with van der Waals surface area (Å²) in [4.78, 5) is 23.3. The van der Waals surface area contributed by atoms with Crippen LogP contribution >= 0.6 is 0 Å². The van der Waals surface area contributed by atoms with Crippen LogP contribution in [-0.2, 0) is 20.1 Å². The normalized spacial score (nSPS) is 11.4. The van der Waals surface area contributed by atoms with Gasteiger partial charge < -0.3 is 4.57 Å². The molecule has 1 aromatic carbocycles. The van der Waals surface area contributed by atoms with Crippen molar-refractivity contribution in [3.63, 3.8) is 0 Å². The van der Waals surface area contributed by atoms with Gasteiger partial charge in [0, 0.05) is 32.5 Å². The Morgan fingerprint density at radius 3 is 2.87 bits per heavy atom. The van der Waals surface area contributed by atoms with Crippen molar-refractivity contribution < 1.29 is 0 Å². The molecule has 0 radical (unpaired) electrons. The number of imidazole rings is 1. The van der Waals surface area contributed by atoms with Crippen LogP contribution in [0.3, 0.4) is 0 Å². The van der Waals surface area contributed by atoms with E-state index in [2.05, 4.69) is 26.5 Å². The van der Waals surface area contributed by atoms with Crippen molar-refractivity contribution in [1.29, 1.82) is 0 Å². The molecule has 0 saturated heterocycles. The molecule has 0 aliphatic carbocycles. The number of benzene rings is 1. The van der Waals surface area contributed by atoms with E-state index in [1.807, 2.05) is 36.8 Å². The summed E-state index contributed by atoms with van der Waals surface area (Å²) in [5, 5.41) is 0.668. The van der Waals surface area contributed by atoms with Crippen molar-refractivity contribution in [2.45, 2.75) is 19.5 Å². The molecule has 0 spiro atoms. The van der Waals surface area contributed by atoms with Gasteiger partial charge in [0.05, 0.1) is 23.8 Å². The van der Waals surface area contributed by atoms with E-state index in [1.165, 1.54) is 0 Å². The zero-order valence-corrected chi connectivity index (χ0v) is 13.5. The zero-order chi connectivity index (χ0) is 16.2. The molecule has 0 N–H and O–H groups in total. The topological polar surface area (TPSA) is 56.0 Å². The summed E-state index contributed by atoms with van der Waals surface area (Å²) >= 11 is 0. The van der Waals surface area contributed by atoms with Crippen molar-refractivity contribution in [3.8, 4) is 0 Å². The van der Waals surface area contributed by atoms with Crippen molar-refractivity contribution in [1.82, 2.24) is 24.0 Å². The Hall–Kier alpha value is -2.47. The number of nitrogens with zero attached hydrogens (tertiary/aromatic N) is 5. The highest BCUT2D eigenvalue weighted by Crippen LogP contribution is 2.08. The lowest BCUT2D eigenvalue weighted by Gasteiger charge is -2.18. The van der Waals surface area contributed by atoms with Gasteiger partial charge in [0.15, 0.2) is 0 Å². The fourth-order valence-corrected chi connectivity index (χ4v) is 2.67. The third-order valence-corrected chi connectivity index (χ3v) is 4.00. The summed E-state index contributed by atoms with van der Waals surface area (Å²) < 4.78 is 3.71. The number of fused-ring (bicyclic) bond motifs is 1. The van der Waals surface area contributed by atoms with E-state index in [0.717, 1.165) is 30.9 Å². The highest BCUT2D eigenvalue weighted by molar-refractivity contribution is 5.77. The molecule has 0 bridgehead atoms. The molecule has 0 aliphatic rings. The lowest BCUT2D eigenvalue weighted by atomic mass is 10.2. The van der Waals surface area contributed by atoms with Gasteiger partial charge in [-0.3, -0.25) is 14.3 Å². The maximum atomic E-state index is 12.4. The van der Waals surface area contributed by atoms with Gasteiger partial charge in [-0.1, -0.05) is 12.1 Å². The maximum absolute atomic E-state index is 12.4. The lowest BCUT2D eigenvalue weighted by molar-refractivity contribution is 0.302. The van der Waals surface area contributed by atoms with E-state index in [0.29, 0.717) is 11.9 Å². The minimum atomic E-state index is 0.0115. The van der Waals surface area contributed by atoms with Crippen LogP contribution in [0.2, 0.25) is 0 Å². The first-order valence-corrected chi connectivity index (χ1v) is 7.74. The molecule has 6 heteroatoms. The highest BCUT2D eigenvalue weighted by atomic mass is 16.1. The predicted molar refractivity (Wildman–Crippen MR) is 90.2 cm³/mol. The SMILES string of the molecule is CN(CCCn1ccnc1)Cc1nc2ccccc2c(=O)n1C. The third-order valence-electron chi connectivity index (χ3n) is 4.00. The van der Waals surface area contributed by atoms with Crippen LogP contribution in [0.5, 0.6) is 0 Å². The van der Waals surface area contributed by atoms with Gasteiger partial charge >= 0.3 is 0 Å². The van der Waals surface area contributed by atoms with Gasteiger partial charge in [-0.05, 0) is 25.6 Å². The quantitative estimate of drug-likeness (QED) is 0.694. The number of hydrogen-bond acceptors (Lipinski definition) is 4. The smallest absolute Gasteiger partial charge is 0.261 e. The van der Waals surface area contributed by atoms with Gasteiger partial charge in [0.25, 0.3) is 5.56 Å². The predicted octanol–water partition coefficient (Wildman–Crippen LogP) is 1.65. The average molecular weight is 311 g/mol. The molecule has 3 rings (SSSR count). The van der Waals surface area contributed by atoms with Gasteiger partial charge in [-0.2, -0.15) is 0 Å². The van der Waals surface area contributed by atoms with Crippen molar-refractivity contribution >= 4 is 10.9 Å². The minimum absolute atomic E-state index is 0.0115. The standard InChI is InChI=1S/C17H21N5O/c1-20(9-5-10-22-11-8-18-13-22)12-16-19-15-7-4-3-6-14(15)17(23)21(16)2/h3-4,6-8,11,13H,5,9-10,12H2,1-2H3. The lowest BCUT2D eigenvalue weighted by Crippen LogP contribution is -2.28. The molecule has 0 aliphatic heterocycles. The number of para-hydroxylation sites is 1. The second-order valence-electron chi connectivity index (χ2n) is 5.80. The van der Waals surface area contributed by atoms with Crippen LogP contribution in [0.15, 0.2) is 47.8 Å². The Morgan fingerprint density at radius 1 is 1.26 bits per heavy atom. The first-order valence-electron chi connectivity index (χ1n) is 7.74. The fourth-order valence-electron chi connectivity index (χ4n) is 2.67. The fraction of sp³-hybridized carbons (Fsp3) is 0.353. The van der Waals surface area contributed by atoms with Gasteiger partial charge in [0.2, 0.25) is 0 Å². The highest BCUT2D eigenvalue weighted by Gasteiger charge is 2.09.